The lowest BCUT2D eigenvalue weighted by Gasteiger charge is -2.11. The molecule has 9 heteroatoms. The number of rotatable bonds is 9. The van der Waals surface area contributed by atoms with E-state index in [1.807, 2.05) is 6.92 Å². The van der Waals surface area contributed by atoms with Gasteiger partial charge in [-0.05, 0) is 79.7 Å². The summed E-state index contributed by atoms with van der Waals surface area (Å²) in [5, 5.41) is 2.60. The number of hydrogen-bond donors (Lipinski definition) is 2. The van der Waals surface area contributed by atoms with Crippen LogP contribution >= 0.6 is 0 Å². The van der Waals surface area contributed by atoms with E-state index in [9.17, 15) is 17.6 Å². The summed E-state index contributed by atoms with van der Waals surface area (Å²) in [4.78, 5) is 12.0. The van der Waals surface area contributed by atoms with Crippen molar-refractivity contribution in [1.29, 1.82) is 0 Å². The van der Waals surface area contributed by atoms with E-state index in [1.54, 1.807) is 24.3 Å². The molecule has 0 aromatic heterocycles. The topological polar surface area (TPSA) is 93.7 Å². The summed E-state index contributed by atoms with van der Waals surface area (Å²) in [6, 6.07) is 17.6. The molecule has 7 nitrogen and oxygen atoms in total. The van der Waals surface area contributed by atoms with E-state index in [0.717, 1.165) is 0 Å². The van der Waals surface area contributed by atoms with Crippen LogP contribution in [-0.2, 0) is 14.8 Å². The Kier molecular flexibility index (Phi) is 7.09. The van der Waals surface area contributed by atoms with Crippen molar-refractivity contribution in [2.24, 2.45) is 0 Å². The largest absolute Gasteiger partial charge is 0.494 e. The number of carbonyl (C=O) groups is 1. The van der Waals surface area contributed by atoms with Crippen LogP contribution in [0.2, 0.25) is 0 Å². The summed E-state index contributed by atoms with van der Waals surface area (Å²) in [7, 11) is -3.79. The molecule has 0 unspecified atom stereocenters. The van der Waals surface area contributed by atoms with E-state index in [0.29, 0.717) is 29.5 Å². The highest BCUT2D eigenvalue weighted by atomic mass is 32.2. The highest BCUT2D eigenvalue weighted by Crippen LogP contribution is 2.21. The SMILES string of the molecule is CCOc1ccc(NS(=O)(=O)c2ccc(NC(=O)COc3ccc(F)cc3)cc2)cc1. The number of sulfonamides is 1. The minimum Gasteiger partial charge on any atom is -0.494 e. The molecule has 162 valence electrons. The molecule has 0 radical (unpaired) electrons. The van der Waals surface area contributed by atoms with Crippen LogP contribution in [0.1, 0.15) is 6.92 Å². The molecule has 3 rings (SSSR count). The standard InChI is InChI=1S/C22H21FN2O5S/c1-2-29-19-11-5-18(6-12-19)25-31(27,28)21-13-7-17(8-14-21)24-22(26)15-30-20-9-3-16(23)4-10-20/h3-14,25H,2,15H2,1H3,(H,24,26). The molecule has 3 aromatic carbocycles. The van der Waals surface area contributed by atoms with Gasteiger partial charge in [0.2, 0.25) is 0 Å². The van der Waals surface area contributed by atoms with Gasteiger partial charge in [-0.2, -0.15) is 0 Å². The molecule has 1 amide bonds. The average molecular weight is 444 g/mol. The van der Waals surface area contributed by atoms with Gasteiger partial charge in [0.15, 0.2) is 6.61 Å². The maximum Gasteiger partial charge on any atom is 0.262 e. The first kappa shape index (κ1) is 22.1. The van der Waals surface area contributed by atoms with Gasteiger partial charge in [-0.15, -0.1) is 0 Å². The van der Waals surface area contributed by atoms with Crippen molar-refractivity contribution < 1.29 is 27.1 Å². The van der Waals surface area contributed by atoms with Gasteiger partial charge in [0, 0.05) is 11.4 Å². The maximum atomic E-state index is 12.9. The van der Waals surface area contributed by atoms with E-state index in [-0.39, 0.29) is 11.5 Å². The van der Waals surface area contributed by atoms with E-state index < -0.39 is 21.7 Å². The first-order valence-corrected chi connectivity index (χ1v) is 10.9. The molecule has 0 heterocycles. The zero-order valence-corrected chi connectivity index (χ0v) is 17.5. The number of benzene rings is 3. The number of ether oxygens (including phenoxy) is 2. The Morgan fingerprint density at radius 2 is 1.39 bits per heavy atom. The van der Waals surface area contributed by atoms with Crippen LogP contribution in [0.4, 0.5) is 15.8 Å². The Hall–Kier alpha value is -3.59. The molecule has 0 saturated heterocycles. The summed E-state index contributed by atoms with van der Waals surface area (Å²) in [6.07, 6.45) is 0. The van der Waals surface area contributed by atoms with Crippen LogP contribution in [0, 0.1) is 5.82 Å². The molecule has 2 N–H and O–H groups in total. The summed E-state index contributed by atoms with van der Waals surface area (Å²) in [6.45, 7) is 2.11. The molecular formula is C22H21FN2O5S. The fourth-order valence-electron chi connectivity index (χ4n) is 2.59. The quantitative estimate of drug-likeness (QED) is 0.520. The number of amides is 1. The second kappa shape index (κ2) is 9.94. The molecule has 0 aliphatic rings. The molecular weight excluding hydrogens is 423 g/mol. The van der Waals surface area contributed by atoms with Gasteiger partial charge in [-0.3, -0.25) is 9.52 Å². The number of hydrogen-bond acceptors (Lipinski definition) is 5. The normalized spacial score (nSPS) is 10.9. The lowest BCUT2D eigenvalue weighted by atomic mass is 10.3. The maximum absolute atomic E-state index is 12.9. The van der Waals surface area contributed by atoms with Crippen molar-refractivity contribution in [2.75, 3.05) is 23.3 Å². The molecule has 0 atom stereocenters. The molecule has 31 heavy (non-hydrogen) atoms. The zero-order valence-electron chi connectivity index (χ0n) is 16.7. The minimum absolute atomic E-state index is 0.0435. The first-order chi connectivity index (χ1) is 14.9. The zero-order chi connectivity index (χ0) is 22.3. The molecule has 0 bridgehead atoms. The molecule has 0 aliphatic carbocycles. The molecule has 3 aromatic rings. The highest BCUT2D eigenvalue weighted by Gasteiger charge is 2.14. The Morgan fingerprint density at radius 3 is 2.00 bits per heavy atom. The van der Waals surface area contributed by atoms with E-state index in [1.165, 1.54) is 48.5 Å². The molecule has 0 fully saturated rings. The minimum atomic E-state index is -3.79. The third kappa shape index (κ3) is 6.45. The Balaban J connectivity index is 1.56. The Bertz CT molecular complexity index is 1120. The predicted octanol–water partition coefficient (Wildman–Crippen LogP) is 4.04. The smallest absolute Gasteiger partial charge is 0.262 e. The Labute approximate surface area is 179 Å². The summed E-state index contributed by atoms with van der Waals surface area (Å²) in [5.74, 6) is 0.170. The van der Waals surface area contributed by atoms with Crippen LogP contribution in [0.25, 0.3) is 0 Å². The lowest BCUT2D eigenvalue weighted by molar-refractivity contribution is -0.118. The second-order valence-corrected chi connectivity index (χ2v) is 8.06. The van der Waals surface area contributed by atoms with E-state index in [4.69, 9.17) is 9.47 Å². The van der Waals surface area contributed by atoms with Gasteiger partial charge < -0.3 is 14.8 Å². The van der Waals surface area contributed by atoms with Gasteiger partial charge in [0.25, 0.3) is 15.9 Å². The van der Waals surface area contributed by atoms with Crippen molar-refractivity contribution in [3.8, 4) is 11.5 Å². The number of carbonyl (C=O) groups excluding carboxylic acids is 1. The van der Waals surface area contributed by atoms with Crippen molar-refractivity contribution >= 4 is 27.3 Å². The van der Waals surface area contributed by atoms with E-state index >= 15 is 0 Å². The highest BCUT2D eigenvalue weighted by molar-refractivity contribution is 7.92. The van der Waals surface area contributed by atoms with Crippen molar-refractivity contribution in [3.05, 3.63) is 78.6 Å². The van der Waals surface area contributed by atoms with Crippen LogP contribution in [0.3, 0.4) is 0 Å². The summed E-state index contributed by atoms with van der Waals surface area (Å²) >= 11 is 0. The van der Waals surface area contributed by atoms with E-state index in [2.05, 4.69) is 10.0 Å². The average Bonchev–Trinajstić information content (AvgIpc) is 2.75. The molecule has 0 aliphatic heterocycles. The fourth-order valence-corrected chi connectivity index (χ4v) is 3.65. The third-order valence-electron chi connectivity index (χ3n) is 4.05. The third-order valence-corrected chi connectivity index (χ3v) is 5.45. The molecule has 0 spiro atoms. The number of anilines is 2. The van der Waals surface area contributed by atoms with Crippen molar-refractivity contribution in [2.45, 2.75) is 11.8 Å². The van der Waals surface area contributed by atoms with Crippen LogP contribution in [0.15, 0.2) is 77.7 Å². The van der Waals surface area contributed by atoms with Crippen LogP contribution in [0.5, 0.6) is 11.5 Å². The lowest BCUT2D eigenvalue weighted by Crippen LogP contribution is -2.20. The fraction of sp³-hybridized carbons (Fsp3) is 0.136. The number of halogens is 1. The Morgan fingerprint density at radius 1 is 0.839 bits per heavy atom. The molecule has 0 saturated carbocycles. The number of nitrogens with one attached hydrogen (secondary N) is 2. The predicted molar refractivity (Wildman–Crippen MR) is 115 cm³/mol. The van der Waals surface area contributed by atoms with Gasteiger partial charge >= 0.3 is 0 Å². The van der Waals surface area contributed by atoms with Gasteiger partial charge in [-0.25, -0.2) is 12.8 Å². The van der Waals surface area contributed by atoms with Crippen LogP contribution < -0.4 is 19.5 Å². The second-order valence-electron chi connectivity index (χ2n) is 6.38. The first-order valence-electron chi connectivity index (χ1n) is 9.40. The van der Waals surface area contributed by atoms with Gasteiger partial charge in [-0.1, -0.05) is 0 Å². The monoisotopic (exact) mass is 444 g/mol. The van der Waals surface area contributed by atoms with Crippen molar-refractivity contribution in [1.82, 2.24) is 0 Å². The summed E-state index contributed by atoms with van der Waals surface area (Å²) < 4.78 is 51.1. The van der Waals surface area contributed by atoms with Gasteiger partial charge in [0.05, 0.1) is 11.5 Å². The van der Waals surface area contributed by atoms with Crippen LogP contribution in [-0.4, -0.2) is 27.5 Å². The van der Waals surface area contributed by atoms with Crippen molar-refractivity contribution in [3.63, 3.8) is 0 Å². The summed E-state index contributed by atoms with van der Waals surface area (Å²) in [5.41, 5.74) is 0.812. The van der Waals surface area contributed by atoms with Gasteiger partial charge in [0.1, 0.15) is 17.3 Å².